The summed E-state index contributed by atoms with van der Waals surface area (Å²) in [6, 6.07) is 18.0. The molecule has 5 heteroatoms. The Morgan fingerprint density at radius 3 is 2.65 bits per heavy atom. The summed E-state index contributed by atoms with van der Waals surface area (Å²) >= 11 is 0. The minimum absolute atomic E-state index is 0.0601. The Hall–Kier alpha value is -2.76. The van der Waals surface area contributed by atoms with Crippen LogP contribution < -0.4 is 16.0 Å². The number of nitrogens with one attached hydrogen (secondary N) is 1. The van der Waals surface area contributed by atoms with E-state index in [0.717, 1.165) is 51.0 Å². The van der Waals surface area contributed by atoms with Crippen LogP contribution >= 0.6 is 0 Å². The van der Waals surface area contributed by atoms with E-state index in [4.69, 9.17) is 15.7 Å². The van der Waals surface area contributed by atoms with Gasteiger partial charge in [0.2, 0.25) is 0 Å². The number of hydrogen-bond donors (Lipinski definition) is 2. The van der Waals surface area contributed by atoms with Gasteiger partial charge in [0.25, 0.3) is 0 Å². The first-order valence-electron chi connectivity index (χ1n) is 13.0. The molecule has 2 aromatic carbocycles. The molecule has 0 bridgehead atoms. The highest BCUT2D eigenvalue weighted by Crippen LogP contribution is 2.56. The predicted molar refractivity (Wildman–Crippen MR) is 138 cm³/mol. The molecule has 2 atom stereocenters. The number of rotatable bonds is 5. The van der Waals surface area contributed by atoms with Crippen molar-refractivity contribution in [3.8, 4) is 0 Å². The Labute approximate surface area is 202 Å². The summed E-state index contributed by atoms with van der Waals surface area (Å²) in [5.41, 5.74) is 14.5. The van der Waals surface area contributed by atoms with Crippen molar-refractivity contribution in [2.45, 2.75) is 69.4 Å². The van der Waals surface area contributed by atoms with Crippen molar-refractivity contribution in [1.29, 1.82) is 0 Å². The molecule has 0 saturated carbocycles. The maximum atomic E-state index is 6.37. The van der Waals surface area contributed by atoms with Crippen LogP contribution in [-0.2, 0) is 24.8 Å². The lowest BCUT2D eigenvalue weighted by Crippen LogP contribution is -2.51. The molecule has 1 unspecified atom stereocenters. The minimum Gasteiger partial charge on any atom is -0.326 e. The Kier molecular flexibility index (Phi) is 5.62. The fourth-order valence-electron chi connectivity index (χ4n) is 7.05. The normalized spacial score (nSPS) is 22.7. The summed E-state index contributed by atoms with van der Waals surface area (Å²) < 4.78 is 0. The monoisotopic (exact) mass is 453 g/mol. The summed E-state index contributed by atoms with van der Waals surface area (Å²) in [4.78, 5) is 12.4. The zero-order valence-corrected chi connectivity index (χ0v) is 20.1. The van der Waals surface area contributed by atoms with Gasteiger partial charge in [-0.05, 0) is 80.3 Å². The van der Waals surface area contributed by atoms with Crippen LogP contribution in [0.4, 0.5) is 11.5 Å². The number of fused-ring (bicyclic) bond motifs is 3. The van der Waals surface area contributed by atoms with Crippen LogP contribution in [0.3, 0.4) is 0 Å². The van der Waals surface area contributed by atoms with Crippen molar-refractivity contribution in [1.82, 2.24) is 15.3 Å². The highest BCUT2D eigenvalue weighted by atomic mass is 15.3. The van der Waals surface area contributed by atoms with Gasteiger partial charge in [-0.2, -0.15) is 0 Å². The number of aromatic nitrogens is 2. The summed E-state index contributed by atoms with van der Waals surface area (Å²) in [5, 5.41) is 3.63. The summed E-state index contributed by atoms with van der Waals surface area (Å²) in [6.45, 7) is 4.95. The van der Waals surface area contributed by atoms with Gasteiger partial charge in [-0.1, -0.05) is 49.4 Å². The SMILES string of the molecule is CCC1CCc2ncnc(N3c4cccc(CN)c4C4(CCNCC4)[C@H]3Cc3ccccc3)c21. The zero-order chi connectivity index (χ0) is 23.1. The van der Waals surface area contributed by atoms with Gasteiger partial charge >= 0.3 is 0 Å². The Bertz CT molecular complexity index is 1170. The molecule has 176 valence electrons. The van der Waals surface area contributed by atoms with E-state index in [1.165, 1.54) is 40.1 Å². The molecule has 0 radical (unpaired) electrons. The number of benzene rings is 2. The van der Waals surface area contributed by atoms with Crippen LogP contribution in [0.25, 0.3) is 0 Å². The quantitative estimate of drug-likeness (QED) is 0.583. The van der Waals surface area contributed by atoms with Crippen molar-refractivity contribution in [3.05, 3.63) is 82.8 Å². The molecule has 1 aliphatic carbocycles. The summed E-state index contributed by atoms with van der Waals surface area (Å²) in [7, 11) is 0. The predicted octanol–water partition coefficient (Wildman–Crippen LogP) is 4.76. The number of piperidine rings is 1. The second-order valence-electron chi connectivity index (χ2n) is 10.2. The van der Waals surface area contributed by atoms with E-state index in [1.54, 1.807) is 6.33 Å². The topological polar surface area (TPSA) is 67.1 Å². The van der Waals surface area contributed by atoms with E-state index in [9.17, 15) is 0 Å². The van der Waals surface area contributed by atoms with Crippen molar-refractivity contribution in [2.75, 3.05) is 18.0 Å². The van der Waals surface area contributed by atoms with Gasteiger partial charge in [-0.3, -0.25) is 0 Å². The molecule has 34 heavy (non-hydrogen) atoms. The first-order chi connectivity index (χ1) is 16.8. The summed E-state index contributed by atoms with van der Waals surface area (Å²) in [5.74, 6) is 1.68. The average Bonchev–Trinajstić information content (AvgIpc) is 3.43. The molecular formula is C29H35N5. The molecule has 1 spiro atoms. The molecule has 1 fully saturated rings. The minimum atomic E-state index is 0.0601. The molecule has 3 aliphatic rings. The number of hydrogen-bond acceptors (Lipinski definition) is 5. The first kappa shape index (κ1) is 21.8. The summed E-state index contributed by atoms with van der Waals surface area (Å²) in [6.07, 6.45) is 8.41. The highest BCUT2D eigenvalue weighted by molar-refractivity contribution is 5.77. The Morgan fingerprint density at radius 1 is 1.06 bits per heavy atom. The van der Waals surface area contributed by atoms with Gasteiger partial charge in [0.15, 0.2) is 0 Å². The van der Waals surface area contributed by atoms with Gasteiger partial charge < -0.3 is 16.0 Å². The molecule has 6 rings (SSSR count). The van der Waals surface area contributed by atoms with Crippen LogP contribution in [0.15, 0.2) is 54.9 Å². The Balaban J connectivity index is 1.59. The van der Waals surface area contributed by atoms with E-state index >= 15 is 0 Å². The van der Waals surface area contributed by atoms with Crippen molar-refractivity contribution in [3.63, 3.8) is 0 Å². The standard InChI is InChI=1S/C29H35N5/c1-2-21-11-12-23-26(21)28(33-19-32-23)34-24-10-6-9-22(18-30)27(24)29(13-15-31-16-14-29)25(34)17-20-7-4-3-5-8-20/h3-10,19,21,25,31H,2,11-18,30H2,1H3/t21?,25-/m1/s1. The fraction of sp³-hybridized carbons (Fsp3) is 0.448. The molecule has 1 saturated heterocycles. The third kappa shape index (κ3) is 3.29. The van der Waals surface area contributed by atoms with Gasteiger partial charge in [0.05, 0.1) is 0 Å². The molecule has 5 nitrogen and oxygen atoms in total. The fourth-order valence-corrected chi connectivity index (χ4v) is 7.05. The van der Waals surface area contributed by atoms with E-state index in [1.807, 2.05) is 0 Å². The molecule has 0 amide bonds. The van der Waals surface area contributed by atoms with E-state index in [0.29, 0.717) is 18.5 Å². The highest BCUT2D eigenvalue weighted by Gasteiger charge is 2.53. The molecular weight excluding hydrogens is 418 g/mol. The molecule has 3 aromatic rings. The smallest absolute Gasteiger partial charge is 0.140 e. The second kappa shape index (κ2) is 8.79. The second-order valence-corrected chi connectivity index (χ2v) is 10.2. The van der Waals surface area contributed by atoms with Crippen molar-refractivity contribution >= 4 is 11.5 Å². The zero-order valence-electron chi connectivity index (χ0n) is 20.1. The van der Waals surface area contributed by atoms with Crippen LogP contribution in [0.5, 0.6) is 0 Å². The lowest BCUT2D eigenvalue weighted by atomic mass is 9.67. The van der Waals surface area contributed by atoms with Crippen molar-refractivity contribution in [2.24, 2.45) is 5.73 Å². The molecule has 3 N–H and O–H groups in total. The van der Waals surface area contributed by atoms with Crippen LogP contribution in [0.2, 0.25) is 0 Å². The van der Waals surface area contributed by atoms with Crippen LogP contribution in [0, 0.1) is 0 Å². The lowest BCUT2D eigenvalue weighted by molar-refractivity contribution is 0.267. The van der Waals surface area contributed by atoms with E-state index < -0.39 is 0 Å². The maximum absolute atomic E-state index is 6.37. The average molecular weight is 454 g/mol. The molecule has 3 heterocycles. The van der Waals surface area contributed by atoms with E-state index in [-0.39, 0.29) is 5.41 Å². The lowest BCUT2D eigenvalue weighted by Gasteiger charge is -2.43. The van der Waals surface area contributed by atoms with Crippen LogP contribution in [-0.4, -0.2) is 29.1 Å². The molecule has 1 aromatic heterocycles. The molecule has 2 aliphatic heterocycles. The van der Waals surface area contributed by atoms with Crippen molar-refractivity contribution < 1.29 is 0 Å². The third-order valence-corrected chi connectivity index (χ3v) is 8.63. The number of nitrogens with two attached hydrogens (primary N) is 1. The number of nitrogens with zero attached hydrogens (tertiary/aromatic N) is 3. The van der Waals surface area contributed by atoms with Crippen LogP contribution in [0.1, 0.15) is 66.5 Å². The largest absolute Gasteiger partial charge is 0.326 e. The van der Waals surface area contributed by atoms with E-state index in [2.05, 4.69) is 65.7 Å². The Morgan fingerprint density at radius 2 is 1.88 bits per heavy atom. The van der Waals surface area contributed by atoms with Gasteiger partial charge in [-0.15, -0.1) is 0 Å². The number of aryl methyl sites for hydroxylation is 1. The maximum Gasteiger partial charge on any atom is 0.140 e. The first-order valence-corrected chi connectivity index (χ1v) is 13.0. The van der Waals surface area contributed by atoms with Gasteiger partial charge in [0.1, 0.15) is 12.1 Å². The third-order valence-electron chi connectivity index (χ3n) is 8.63. The van der Waals surface area contributed by atoms with Gasteiger partial charge in [0, 0.05) is 34.9 Å². The number of anilines is 2. The van der Waals surface area contributed by atoms with Gasteiger partial charge in [-0.25, -0.2) is 9.97 Å².